The van der Waals surface area contributed by atoms with Crippen LogP contribution in [-0.2, 0) is 9.59 Å². The van der Waals surface area contributed by atoms with Gasteiger partial charge in [0.05, 0.1) is 6.54 Å². The number of benzene rings is 1. The molecule has 116 valence electrons. The van der Waals surface area contributed by atoms with Crippen molar-refractivity contribution in [1.82, 2.24) is 15.1 Å². The molecule has 3 amide bonds. The second-order valence-corrected chi connectivity index (χ2v) is 5.97. The fraction of sp³-hybridized carbons (Fsp3) is 0.400. The highest BCUT2D eigenvalue weighted by molar-refractivity contribution is 6.30. The summed E-state index contributed by atoms with van der Waals surface area (Å²) < 4.78 is 0. The number of fused-ring (bicyclic) bond motifs is 1. The Balaban J connectivity index is 1.76. The Labute approximate surface area is 133 Å². The lowest BCUT2D eigenvalue weighted by Crippen LogP contribution is -2.69. The molecule has 2 aliphatic heterocycles. The Morgan fingerprint density at radius 2 is 1.91 bits per heavy atom. The topological polar surface area (TPSA) is 69.7 Å². The Hall–Kier alpha value is -2.08. The van der Waals surface area contributed by atoms with E-state index in [4.69, 9.17) is 11.6 Å². The quantitative estimate of drug-likeness (QED) is 0.819. The van der Waals surface area contributed by atoms with E-state index in [0.717, 1.165) is 0 Å². The highest BCUT2D eigenvalue weighted by Crippen LogP contribution is 2.18. The molecule has 2 fully saturated rings. The molecule has 6 nitrogen and oxygen atoms in total. The summed E-state index contributed by atoms with van der Waals surface area (Å²) >= 11 is 5.82. The Morgan fingerprint density at radius 1 is 1.23 bits per heavy atom. The van der Waals surface area contributed by atoms with E-state index >= 15 is 0 Å². The zero-order valence-electron chi connectivity index (χ0n) is 12.1. The Kier molecular flexibility index (Phi) is 3.78. The summed E-state index contributed by atoms with van der Waals surface area (Å²) in [6.45, 7) is 2.68. The van der Waals surface area contributed by atoms with Crippen molar-refractivity contribution in [3.8, 4) is 0 Å². The van der Waals surface area contributed by atoms with Crippen LogP contribution in [-0.4, -0.2) is 59.2 Å². The van der Waals surface area contributed by atoms with Gasteiger partial charge in [0.25, 0.3) is 5.91 Å². The van der Waals surface area contributed by atoms with Crippen LogP contribution < -0.4 is 5.32 Å². The summed E-state index contributed by atoms with van der Waals surface area (Å²) in [6.07, 6.45) is 0. The molecular weight excluding hydrogens is 306 g/mol. The van der Waals surface area contributed by atoms with Crippen molar-refractivity contribution < 1.29 is 14.4 Å². The van der Waals surface area contributed by atoms with Crippen LogP contribution >= 0.6 is 11.6 Å². The molecule has 0 aliphatic carbocycles. The van der Waals surface area contributed by atoms with Crippen LogP contribution in [0.15, 0.2) is 24.3 Å². The zero-order valence-corrected chi connectivity index (χ0v) is 12.8. The molecule has 2 aliphatic rings. The molecule has 0 bridgehead atoms. The van der Waals surface area contributed by atoms with Crippen molar-refractivity contribution in [3.63, 3.8) is 0 Å². The van der Waals surface area contributed by atoms with Crippen LogP contribution in [0.3, 0.4) is 0 Å². The minimum absolute atomic E-state index is 0.0943. The first kappa shape index (κ1) is 14.8. The average Bonchev–Trinajstić information content (AvgIpc) is 2.52. The minimum Gasteiger partial charge on any atom is -0.343 e. The van der Waals surface area contributed by atoms with Crippen LogP contribution in [0.1, 0.15) is 17.3 Å². The molecule has 0 saturated carbocycles. The highest BCUT2D eigenvalue weighted by Gasteiger charge is 2.42. The van der Waals surface area contributed by atoms with Crippen molar-refractivity contribution in [2.45, 2.75) is 19.0 Å². The van der Waals surface area contributed by atoms with Crippen molar-refractivity contribution in [2.24, 2.45) is 0 Å². The number of nitrogens with one attached hydrogen (secondary N) is 1. The van der Waals surface area contributed by atoms with E-state index in [-0.39, 0.29) is 24.3 Å². The number of nitrogens with zero attached hydrogens (tertiary/aromatic N) is 2. The third-order valence-corrected chi connectivity index (χ3v) is 4.33. The fourth-order valence-electron chi connectivity index (χ4n) is 2.85. The van der Waals surface area contributed by atoms with Gasteiger partial charge in [-0.1, -0.05) is 11.6 Å². The summed E-state index contributed by atoms with van der Waals surface area (Å²) in [5.41, 5.74) is 0.522. The van der Waals surface area contributed by atoms with Crippen LogP contribution in [0, 0.1) is 0 Å². The standard InChI is InChI=1S/C15H16ClN3O3/c1-9-14(21)19-7-6-18(8-12(19)13(20)17-9)15(22)10-2-4-11(16)5-3-10/h2-5,9,12H,6-8H2,1H3,(H,17,20)/t9-,12+/m0/s1. The largest absolute Gasteiger partial charge is 0.343 e. The highest BCUT2D eigenvalue weighted by atomic mass is 35.5. The maximum atomic E-state index is 12.5. The minimum atomic E-state index is -0.603. The van der Waals surface area contributed by atoms with Crippen LogP contribution in [0.25, 0.3) is 0 Å². The number of amides is 3. The number of carbonyl (C=O) groups is 3. The number of hydrogen-bond acceptors (Lipinski definition) is 3. The first-order valence-corrected chi connectivity index (χ1v) is 7.51. The predicted octanol–water partition coefficient (Wildman–Crippen LogP) is 0.511. The van der Waals surface area contributed by atoms with Crippen molar-refractivity contribution in [3.05, 3.63) is 34.9 Å². The first-order chi connectivity index (χ1) is 10.5. The van der Waals surface area contributed by atoms with Crippen molar-refractivity contribution in [1.29, 1.82) is 0 Å². The normalized spacial score (nSPS) is 24.8. The summed E-state index contributed by atoms with van der Waals surface area (Å²) in [5.74, 6) is -0.459. The number of piperazine rings is 2. The molecular formula is C15H16ClN3O3. The van der Waals surface area contributed by atoms with E-state index in [0.29, 0.717) is 23.7 Å². The Morgan fingerprint density at radius 3 is 2.59 bits per heavy atom. The lowest BCUT2D eigenvalue weighted by molar-refractivity contribution is -0.151. The molecule has 2 saturated heterocycles. The predicted molar refractivity (Wildman–Crippen MR) is 80.5 cm³/mol. The van der Waals surface area contributed by atoms with E-state index in [1.807, 2.05) is 0 Å². The van der Waals surface area contributed by atoms with Gasteiger partial charge in [-0.3, -0.25) is 14.4 Å². The van der Waals surface area contributed by atoms with Gasteiger partial charge < -0.3 is 15.1 Å². The van der Waals surface area contributed by atoms with Gasteiger partial charge in [0.2, 0.25) is 11.8 Å². The molecule has 0 unspecified atom stereocenters. The monoisotopic (exact) mass is 321 g/mol. The third kappa shape index (κ3) is 2.54. The second-order valence-electron chi connectivity index (χ2n) is 5.54. The van der Waals surface area contributed by atoms with Gasteiger partial charge in [0, 0.05) is 23.7 Å². The van der Waals surface area contributed by atoms with Crippen molar-refractivity contribution in [2.75, 3.05) is 19.6 Å². The number of hydrogen-bond donors (Lipinski definition) is 1. The van der Waals surface area contributed by atoms with Gasteiger partial charge in [-0.25, -0.2) is 0 Å². The van der Waals surface area contributed by atoms with Gasteiger partial charge in [-0.2, -0.15) is 0 Å². The second kappa shape index (κ2) is 5.61. The molecule has 2 heterocycles. The molecule has 1 aromatic rings. The van der Waals surface area contributed by atoms with Gasteiger partial charge >= 0.3 is 0 Å². The molecule has 0 radical (unpaired) electrons. The molecule has 2 atom stereocenters. The van der Waals surface area contributed by atoms with Gasteiger partial charge in [-0.05, 0) is 31.2 Å². The van der Waals surface area contributed by atoms with Gasteiger partial charge in [0.1, 0.15) is 12.1 Å². The zero-order chi connectivity index (χ0) is 15.9. The molecule has 22 heavy (non-hydrogen) atoms. The van der Waals surface area contributed by atoms with Crippen LogP contribution in [0.4, 0.5) is 0 Å². The SMILES string of the molecule is C[C@@H]1NC(=O)[C@H]2CN(C(=O)c3ccc(Cl)cc3)CCN2C1=O. The van der Waals surface area contributed by atoms with E-state index in [1.165, 1.54) is 0 Å². The van der Waals surface area contributed by atoms with Gasteiger partial charge in [-0.15, -0.1) is 0 Å². The van der Waals surface area contributed by atoms with E-state index in [1.54, 1.807) is 41.0 Å². The summed E-state index contributed by atoms with van der Waals surface area (Å²) in [6, 6.07) is 5.53. The summed E-state index contributed by atoms with van der Waals surface area (Å²) in [4.78, 5) is 39.8. The fourth-order valence-corrected chi connectivity index (χ4v) is 2.98. The van der Waals surface area contributed by atoms with E-state index < -0.39 is 12.1 Å². The molecule has 1 N–H and O–H groups in total. The first-order valence-electron chi connectivity index (χ1n) is 7.13. The molecule has 1 aromatic carbocycles. The third-order valence-electron chi connectivity index (χ3n) is 4.07. The smallest absolute Gasteiger partial charge is 0.254 e. The lowest BCUT2D eigenvalue weighted by Gasteiger charge is -2.44. The Bertz CT molecular complexity index is 631. The lowest BCUT2D eigenvalue weighted by atomic mass is 10.0. The van der Waals surface area contributed by atoms with Crippen LogP contribution in [0.5, 0.6) is 0 Å². The number of carbonyl (C=O) groups excluding carboxylic acids is 3. The maximum Gasteiger partial charge on any atom is 0.254 e. The molecule has 0 spiro atoms. The number of halogens is 1. The molecule has 7 heteroatoms. The average molecular weight is 322 g/mol. The van der Waals surface area contributed by atoms with Crippen LogP contribution in [0.2, 0.25) is 5.02 Å². The van der Waals surface area contributed by atoms with Crippen molar-refractivity contribution >= 4 is 29.3 Å². The molecule has 0 aromatic heterocycles. The maximum absolute atomic E-state index is 12.5. The van der Waals surface area contributed by atoms with E-state index in [2.05, 4.69) is 5.32 Å². The summed E-state index contributed by atoms with van der Waals surface area (Å²) in [5, 5.41) is 3.21. The molecule has 3 rings (SSSR count). The van der Waals surface area contributed by atoms with E-state index in [9.17, 15) is 14.4 Å². The summed E-state index contributed by atoms with van der Waals surface area (Å²) in [7, 11) is 0. The van der Waals surface area contributed by atoms with Gasteiger partial charge in [0.15, 0.2) is 0 Å². The number of rotatable bonds is 1.